The highest BCUT2D eigenvalue weighted by Gasteiger charge is 2.41. The molecule has 0 radical (unpaired) electrons. The van der Waals surface area contributed by atoms with Crippen molar-refractivity contribution in [1.29, 1.82) is 0 Å². The number of ether oxygens (including phenoxy) is 1. The van der Waals surface area contributed by atoms with Gasteiger partial charge in [-0.25, -0.2) is 0 Å². The highest BCUT2D eigenvalue weighted by atomic mass is 35.5. The molecule has 6 nitrogen and oxygen atoms in total. The van der Waals surface area contributed by atoms with Crippen LogP contribution in [0.5, 0.6) is 0 Å². The Kier molecular flexibility index (Phi) is 8.32. The number of benzene rings is 1. The van der Waals surface area contributed by atoms with Crippen LogP contribution in [0.2, 0.25) is 5.02 Å². The summed E-state index contributed by atoms with van der Waals surface area (Å²) in [6.07, 6.45) is 5.96. The molecule has 0 aliphatic heterocycles. The van der Waals surface area contributed by atoms with Gasteiger partial charge in [0.2, 0.25) is 5.91 Å². The molecule has 0 bridgehead atoms. The molecule has 38 heavy (non-hydrogen) atoms. The van der Waals surface area contributed by atoms with Gasteiger partial charge in [-0.1, -0.05) is 43.6 Å². The lowest BCUT2D eigenvalue weighted by Crippen LogP contribution is -2.31. The van der Waals surface area contributed by atoms with Crippen molar-refractivity contribution < 1.29 is 18.8 Å². The Balaban J connectivity index is 1.53. The summed E-state index contributed by atoms with van der Waals surface area (Å²) in [5.74, 6) is 1.20. The van der Waals surface area contributed by atoms with Crippen molar-refractivity contribution in [3.8, 4) is 0 Å². The molecule has 1 aromatic heterocycles. The van der Waals surface area contributed by atoms with Gasteiger partial charge in [0.15, 0.2) is 0 Å². The Morgan fingerprint density at radius 1 is 1.13 bits per heavy atom. The maximum atomic E-state index is 13.5. The van der Waals surface area contributed by atoms with E-state index in [1.165, 1.54) is 12.0 Å². The highest BCUT2D eigenvalue weighted by molar-refractivity contribution is 6.33. The van der Waals surface area contributed by atoms with E-state index in [-0.39, 0.29) is 12.3 Å². The molecule has 0 saturated heterocycles. The summed E-state index contributed by atoms with van der Waals surface area (Å²) in [5, 5.41) is 7.88. The molecule has 2 aliphatic rings. The van der Waals surface area contributed by atoms with Crippen LogP contribution in [0.1, 0.15) is 114 Å². The number of esters is 1. The number of rotatable bonds is 9. The molecule has 1 amide bonds. The van der Waals surface area contributed by atoms with E-state index in [0.717, 1.165) is 42.7 Å². The third kappa shape index (κ3) is 7.62. The van der Waals surface area contributed by atoms with E-state index in [4.69, 9.17) is 20.9 Å². The van der Waals surface area contributed by atoms with Crippen LogP contribution < -0.4 is 5.32 Å². The number of halogens is 1. The molecule has 2 aromatic rings. The molecule has 1 N–H and O–H groups in total. The van der Waals surface area contributed by atoms with Gasteiger partial charge >= 0.3 is 5.97 Å². The van der Waals surface area contributed by atoms with Gasteiger partial charge in [0.05, 0.1) is 28.7 Å². The minimum atomic E-state index is -0.660. The molecule has 4 rings (SSSR count). The van der Waals surface area contributed by atoms with E-state index in [2.05, 4.69) is 31.2 Å². The number of anilines is 1. The average Bonchev–Trinajstić information content (AvgIpc) is 3.50. The van der Waals surface area contributed by atoms with Crippen molar-refractivity contribution in [2.24, 2.45) is 17.3 Å². The van der Waals surface area contributed by atoms with Crippen molar-refractivity contribution >= 4 is 29.2 Å². The van der Waals surface area contributed by atoms with Crippen molar-refractivity contribution in [3.05, 3.63) is 45.8 Å². The molecule has 1 atom stereocenters. The van der Waals surface area contributed by atoms with Crippen LogP contribution in [0.25, 0.3) is 0 Å². The lowest BCUT2D eigenvalue weighted by atomic mass is 9.67. The molecule has 0 spiro atoms. The van der Waals surface area contributed by atoms with Crippen LogP contribution in [0.4, 0.5) is 5.69 Å². The summed E-state index contributed by atoms with van der Waals surface area (Å²) < 4.78 is 11.5. The summed E-state index contributed by atoms with van der Waals surface area (Å²) in [4.78, 5) is 26.3. The minimum Gasteiger partial charge on any atom is -0.460 e. The second kappa shape index (κ2) is 11.0. The van der Waals surface area contributed by atoms with E-state index in [9.17, 15) is 9.59 Å². The minimum absolute atomic E-state index is 0.0457. The van der Waals surface area contributed by atoms with E-state index in [0.29, 0.717) is 40.3 Å². The maximum Gasteiger partial charge on any atom is 0.307 e. The molecule has 0 unspecified atom stereocenters. The Morgan fingerprint density at radius 2 is 1.82 bits per heavy atom. The van der Waals surface area contributed by atoms with Crippen LogP contribution in [0.3, 0.4) is 0 Å². The molecule has 2 aliphatic carbocycles. The molecule has 1 aromatic carbocycles. The summed E-state index contributed by atoms with van der Waals surface area (Å²) in [5.41, 5.74) is 3.21. The highest BCUT2D eigenvalue weighted by Crippen LogP contribution is 2.52. The van der Waals surface area contributed by atoms with Crippen LogP contribution >= 0.6 is 11.6 Å². The monoisotopic (exact) mass is 542 g/mol. The molecule has 1 heterocycles. The topological polar surface area (TPSA) is 81.4 Å². The van der Waals surface area contributed by atoms with Gasteiger partial charge in [-0.2, -0.15) is 0 Å². The van der Waals surface area contributed by atoms with Gasteiger partial charge in [0.25, 0.3) is 0 Å². The zero-order valence-electron chi connectivity index (χ0n) is 23.9. The van der Waals surface area contributed by atoms with Crippen molar-refractivity contribution in [3.63, 3.8) is 0 Å². The first-order chi connectivity index (χ1) is 17.7. The second-order valence-electron chi connectivity index (χ2n) is 13.6. The van der Waals surface area contributed by atoms with Crippen molar-refractivity contribution in [1.82, 2.24) is 5.16 Å². The van der Waals surface area contributed by atoms with Crippen molar-refractivity contribution in [2.45, 2.75) is 111 Å². The predicted molar refractivity (Wildman–Crippen MR) is 150 cm³/mol. The zero-order chi connectivity index (χ0) is 27.8. The molecular weight excluding hydrogens is 500 g/mol. The smallest absolute Gasteiger partial charge is 0.307 e. The standard InChI is InChI=1S/C31H43ClN2O4/c1-18-8-11-24(23(32)12-18)33-29(36)22(16-26(35)37-31(5,6)7)15-25-27(20-9-10-20)28(38-34-25)21-13-19(14-21)17-30(2,3)4/h8,11-12,19-22H,9-10,13-17H2,1-7H3,(H,33,36)/t19?,21?,22-/m0/s1. The summed E-state index contributed by atoms with van der Waals surface area (Å²) in [7, 11) is 0. The average molecular weight is 543 g/mol. The SMILES string of the molecule is Cc1ccc(NC(=O)[C@H](CC(=O)OC(C)(C)C)Cc2noc(C3CC(CC(C)(C)C)C3)c2C2CC2)c(Cl)c1. The largest absolute Gasteiger partial charge is 0.460 e. The molecule has 2 fully saturated rings. The molecular formula is C31H43ClN2O4. The van der Waals surface area contributed by atoms with Crippen LogP contribution in [0.15, 0.2) is 22.7 Å². The first-order valence-electron chi connectivity index (χ1n) is 14.0. The summed E-state index contributed by atoms with van der Waals surface area (Å²) >= 11 is 6.39. The predicted octanol–water partition coefficient (Wildman–Crippen LogP) is 7.97. The van der Waals surface area contributed by atoms with Gasteiger partial charge < -0.3 is 14.6 Å². The van der Waals surface area contributed by atoms with Crippen molar-refractivity contribution in [2.75, 3.05) is 5.32 Å². The van der Waals surface area contributed by atoms with Gasteiger partial charge in [0.1, 0.15) is 11.4 Å². The number of hydrogen-bond acceptors (Lipinski definition) is 5. The van der Waals surface area contributed by atoms with Gasteiger partial charge in [-0.05, 0) is 94.7 Å². The van der Waals surface area contributed by atoms with E-state index in [1.54, 1.807) is 12.1 Å². The fraction of sp³-hybridized carbons (Fsp3) is 0.645. The quantitative estimate of drug-likeness (QED) is 0.325. The van der Waals surface area contributed by atoms with Gasteiger partial charge in [-0.15, -0.1) is 0 Å². The second-order valence-corrected chi connectivity index (χ2v) is 14.1. The number of aryl methyl sites for hydroxylation is 1. The van der Waals surface area contributed by atoms with E-state index in [1.807, 2.05) is 33.8 Å². The number of hydrogen-bond donors (Lipinski definition) is 1. The number of amides is 1. The molecule has 208 valence electrons. The van der Waals surface area contributed by atoms with E-state index >= 15 is 0 Å². The normalized spacial score (nSPS) is 20.5. The van der Waals surface area contributed by atoms with Gasteiger partial charge in [0, 0.05) is 17.9 Å². The lowest BCUT2D eigenvalue weighted by molar-refractivity contribution is -0.157. The number of carbonyl (C=O) groups excluding carboxylic acids is 2. The first-order valence-corrected chi connectivity index (χ1v) is 14.3. The summed E-state index contributed by atoms with van der Waals surface area (Å²) in [6.45, 7) is 14.3. The molecule has 7 heteroatoms. The number of carbonyl (C=O) groups is 2. The lowest BCUT2D eigenvalue weighted by Gasteiger charge is -2.38. The Morgan fingerprint density at radius 3 is 2.39 bits per heavy atom. The van der Waals surface area contributed by atoms with Gasteiger partial charge in [-0.3, -0.25) is 9.59 Å². The fourth-order valence-corrected chi connectivity index (χ4v) is 5.89. The Bertz CT molecular complexity index is 1160. The number of nitrogens with one attached hydrogen (secondary N) is 1. The fourth-order valence-electron chi connectivity index (χ4n) is 5.61. The third-order valence-electron chi connectivity index (χ3n) is 7.35. The summed E-state index contributed by atoms with van der Waals surface area (Å²) in [6, 6.07) is 5.49. The van der Waals surface area contributed by atoms with E-state index < -0.39 is 17.5 Å². The van der Waals surface area contributed by atoms with Crippen LogP contribution in [0, 0.1) is 24.2 Å². The Hall–Kier alpha value is -2.34. The maximum absolute atomic E-state index is 13.5. The van der Waals surface area contributed by atoms with Crippen LogP contribution in [-0.2, 0) is 20.7 Å². The zero-order valence-corrected chi connectivity index (χ0v) is 24.7. The van der Waals surface area contributed by atoms with Crippen LogP contribution in [-0.4, -0.2) is 22.6 Å². The molecule has 2 saturated carbocycles. The first kappa shape index (κ1) is 28.7. The Labute approximate surface area is 232 Å². The number of nitrogens with zero attached hydrogens (tertiary/aromatic N) is 1. The third-order valence-corrected chi connectivity index (χ3v) is 7.66. The number of aromatic nitrogens is 1.